The van der Waals surface area contributed by atoms with Crippen molar-refractivity contribution in [2.45, 2.75) is 32.4 Å². The number of nitriles is 1. The lowest BCUT2D eigenvalue weighted by Crippen LogP contribution is -2.52. The van der Waals surface area contributed by atoms with E-state index in [2.05, 4.69) is 49.1 Å². The standard InChI is InChI=1S/C12H26N4/c1-7-16(11(2)8-15(5)6)10-12(3,9-13)14-4/h11,14H,7-8,10H2,1-6H3. The van der Waals surface area contributed by atoms with Gasteiger partial charge in [-0.15, -0.1) is 0 Å². The zero-order valence-corrected chi connectivity index (χ0v) is 11.5. The zero-order chi connectivity index (χ0) is 12.8. The Morgan fingerprint density at radius 2 is 2.00 bits per heavy atom. The van der Waals surface area contributed by atoms with E-state index in [4.69, 9.17) is 5.26 Å². The van der Waals surface area contributed by atoms with Crippen molar-refractivity contribution in [2.75, 3.05) is 40.8 Å². The topological polar surface area (TPSA) is 42.3 Å². The third-order valence-corrected chi connectivity index (χ3v) is 2.98. The van der Waals surface area contributed by atoms with E-state index in [1.165, 1.54) is 0 Å². The van der Waals surface area contributed by atoms with Crippen molar-refractivity contribution in [3.63, 3.8) is 0 Å². The molecule has 0 aromatic carbocycles. The van der Waals surface area contributed by atoms with E-state index in [9.17, 15) is 0 Å². The minimum absolute atomic E-state index is 0.459. The molecule has 0 spiro atoms. The van der Waals surface area contributed by atoms with Gasteiger partial charge >= 0.3 is 0 Å². The van der Waals surface area contributed by atoms with Gasteiger partial charge in [-0.25, -0.2) is 0 Å². The smallest absolute Gasteiger partial charge is 0.116 e. The number of hydrogen-bond acceptors (Lipinski definition) is 4. The van der Waals surface area contributed by atoms with Crippen LogP contribution in [-0.2, 0) is 0 Å². The second-order valence-electron chi connectivity index (χ2n) is 4.87. The molecule has 2 unspecified atom stereocenters. The number of nitrogens with zero attached hydrogens (tertiary/aromatic N) is 3. The maximum atomic E-state index is 9.14. The summed E-state index contributed by atoms with van der Waals surface area (Å²) in [6.07, 6.45) is 0. The van der Waals surface area contributed by atoms with Crippen LogP contribution in [0, 0.1) is 11.3 Å². The highest BCUT2D eigenvalue weighted by Crippen LogP contribution is 2.08. The summed E-state index contributed by atoms with van der Waals surface area (Å²) < 4.78 is 0. The number of nitrogens with one attached hydrogen (secondary N) is 1. The van der Waals surface area contributed by atoms with E-state index in [1.807, 2.05) is 14.0 Å². The van der Waals surface area contributed by atoms with Crippen LogP contribution >= 0.6 is 0 Å². The molecule has 4 heteroatoms. The molecule has 0 amide bonds. The molecule has 0 aliphatic carbocycles. The molecule has 0 radical (unpaired) electrons. The van der Waals surface area contributed by atoms with Crippen molar-refractivity contribution in [3.8, 4) is 6.07 Å². The van der Waals surface area contributed by atoms with Crippen LogP contribution in [0.15, 0.2) is 0 Å². The average Bonchev–Trinajstić information content (AvgIpc) is 2.24. The van der Waals surface area contributed by atoms with Crippen LogP contribution in [0.2, 0.25) is 0 Å². The first-order chi connectivity index (χ1) is 7.38. The molecule has 2 atom stereocenters. The molecule has 16 heavy (non-hydrogen) atoms. The Hall–Kier alpha value is -0.630. The van der Waals surface area contributed by atoms with Crippen molar-refractivity contribution < 1.29 is 0 Å². The van der Waals surface area contributed by atoms with Crippen LogP contribution < -0.4 is 5.32 Å². The predicted octanol–water partition coefficient (Wildman–Crippen LogP) is 0.760. The molecular formula is C12H26N4. The van der Waals surface area contributed by atoms with Crippen LogP contribution in [-0.4, -0.2) is 62.2 Å². The summed E-state index contributed by atoms with van der Waals surface area (Å²) in [5.74, 6) is 0. The van der Waals surface area contributed by atoms with Crippen molar-refractivity contribution in [1.29, 1.82) is 5.26 Å². The molecule has 0 rings (SSSR count). The summed E-state index contributed by atoms with van der Waals surface area (Å²) in [6.45, 7) is 9.02. The second kappa shape index (κ2) is 6.85. The van der Waals surface area contributed by atoms with Gasteiger partial charge in [0.1, 0.15) is 5.54 Å². The fraction of sp³-hybridized carbons (Fsp3) is 0.917. The summed E-state index contributed by atoms with van der Waals surface area (Å²) >= 11 is 0. The second-order valence-corrected chi connectivity index (χ2v) is 4.87. The van der Waals surface area contributed by atoms with Gasteiger partial charge < -0.3 is 10.2 Å². The summed E-state index contributed by atoms with van der Waals surface area (Å²) in [4.78, 5) is 4.51. The van der Waals surface area contributed by atoms with Gasteiger partial charge in [-0.2, -0.15) is 5.26 Å². The van der Waals surface area contributed by atoms with E-state index in [0.29, 0.717) is 6.04 Å². The Kier molecular flexibility index (Phi) is 6.58. The van der Waals surface area contributed by atoms with Gasteiger partial charge in [0, 0.05) is 19.1 Å². The number of rotatable bonds is 7. The normalized spacial score (nSPS) is 17.2. The monoisotopic (exact) mass is 226 g/mol. The van der Waals surface area contributed by atoms with Crippen LogP contribution in [0.5, 0.6) is 0 Å². The Labute approximate surface area is 100 Å². The third kappa shape index (κ3) is 4.93. The SMILES string of the molecule is CCN(CC(C)(C#N)NC)C(C)CN(C)C. The first-order valence-electron chi connectivity index (χ1n) is 5.87. The van der Waals surface area contributed by atoms with Gasteiger partial charge in [-0.3, -0.25) is 4.90 Å². The minimum atomic E-state index is -0.462. The molecule has 0 aromatic rings. The lowest BCUT2D eigenvalue weighted by molar-refractivity contribution is 0.154. The van der Waals surface area contributed by atoms with Crippen LogP contribution in [0.1, 0.15) is 20.8 Å². The molecule has 4 nitrogen and oxygen atoms in total. The molecular weight excluding hydrogens is 200 g/mol. The maximum absolute atomic E-state index is 9.14. The predicted molar refractivity (Wildman–Crippen MR) is 68.3 cm³/mol. The molecule has 1 N–H and O–H groups in total. The highest BCUT2D eigenvalue weighted by atomic mass is 15.2. The van der Waals surface area contributed by atoms with E-state index in [-0.39, 0.29) is 0 Å². The average molecular weight is 226 g/mol. The van der Waals surface area contributed by atoms with Crippen LogP contribution in [0.3, 0.4) is 0 Å². The Bertz CT molecular complexity index is 234. The summed E-state index contributed by atoms with van der Waals surface area (Å²) in [5, 5.41) is 12.2. The maximum Gasteiger partial charge on any atom is 0.116 e. The van der Waals surface area contributed by atoms with E-state index < -0.39 is 5.54 Å². The first-order valence-corrected chi connectivity index (χ1v) is 5.87. The van der Waals surface area contributed by atoms with Gasteiger partial charge in [0.05, 0.1) is 6.07 Å². The molecule has 0 bridgehead atoms. The number of hydrogen-bond donors (Lipinski definition) is 1. The quantitative estimate of drug-likeness (QED) is 0.696. The summed E-state index contributed by atoms with van der Waals surface area (Å²) in [7, 11) is 5.99. The summed E-state index contributed by atoms with van der Waals surface area (Å²) in [6, 6.07) is 2.79. The van der Waals surface area contributed by atoms with E-state index in [0.717, 1.165) is 19.6 Å². The van der Waals surface area contributed by atoms with Crippen molar-refractivity contribution in [1.82, 2.24) is 15.1 Å². The largest absolute Gasteiger partial charge is 0.308 e. The fourth-order valence-electron chi connectivity index (χ4n) is 1.80. The molecule has 0 aliphatic rings. The lowest BCUT2D eigenvalue weighted by Gasteiger charge is -2.35. The fourth-order valence-corrected chi connectivity index (χ4v) is 1.80. The lowest BCUT2D eigenvalue weighted by atomic mass is 10.0. The third-order valence-electron chi connectivity index (χ3n) is 2.98. The van der Waals surface area contributed by atoms with Gasteiger partial charge in [-0.1, -0.05) is 6.92 Å². The molecule has 0 saturated carbocycles. The van der Waals surface area contributed by atoms with Gasteiger partial charge in [-0.05, 0) is 41.5 Å². The van der Waals surface area contributed by atoms with Crippen LogP contribution in [0.25, 0.3) is 0 Å². The van der Waals surface area contributed by atoms with Crippen molar-refractivity contribution in [3.05, 3.63) is 0 Å². The van der Waals surface area contributed by atoms with Crippen LogP contribution in [0.4, 0.5) is 0 Å². The Morgan fingerprint density at radius 3 is 2.31 bits per heavy atom. The number of likely N-dealkylation sites (N-methyl/N-ethyl adjacent to an activating group) is 3. The molecule has 0 aromatic heterocycles. The Balaban J connectivity index is 4.46. The van der Waals surface area contributed by atoms with Gasteiger partial charge in [0.15, 0.2) is 0 Å². The highest BCUT2D eigenvalue weighted by molar-refractivity contribution is 5.05. The van der Waals surface area contributed by atoms with Gasteiger partial charge in [0.2, 0.25) is 0 Å². The van der Waals surface area contributed by atoms with Crippen molar-refractivity contribution >= 4 is 0 Å². The van der Waals surface area contributed by atoms with Crippen molar-refractivity contribution in [2.24, 2.45) is 0 Å². The summed E-state index contributed by atoms with van der Waals surface area (Å²) in [5.41, 5.74) is -0.462. The Morgan fingerprint density at radius 1 is 1.44 bits per heavy atom. The zero-order valence-electron chi connectivity index (χ0n) is 11.5. The molecule has 94 valence electrons. The molecule has 0 heterocycles. The molecule has 0 fully saturated rings. The minimum Gasteiger partial charge on any atom is -0.308 e. The van der Waals surface area contributed by atoms with E-state index in [1.54, 1.807) is 0 Å². The molecule has 0 saturated heterocycles. The highest BCUT2D eigenvalue weighted by Gasteiger charge is 2.26. The first kappa shape index (κ1) is 15.4. The van der Waals surface area contributed by atoms with Gasteiger partial charge in [0.25, 0.3) is 0 Å². The van der Waals surface area contributed by atoms with E-state index >= 15 is 0 Å². The molecule has 0 aliphatic heterocycles.